The van der Waals surface area contributed by atoms with Crippen LogP contribution >= 0.6 is 12.2 Å². The lowest BCUT2D eigenvalue weighted by Crippen LogP contribution is -1.96. The fourth-order valence-corrected chi connectivity index (χ4v) is 2.50. The topological polar surface area (TPSA) is 28.7 Å². The Balaban J connectivity index is 2.13. The van der Waals surface area contributed by atoms with Gasteiger partial charge < -0.3 is 4.98 Å². The van der Waals surface area contributed by atoms with E-state index in [1.54, 1.807) is 0 Å². The summed E-state index contributed by atoms with van der Waals surface area (Å²) < 4.78 is 0.686. The van der Waals surface area contributed by atoms with E-state index >= 15 is 0 Å². The minimum absolute atomic E-state index is 0.595. The van der Waals surface area contributed by atoms with Gasteiger partial charge >= 0.3 is 0 Å². The Morgan fingerprint density at radius 1 is 1.22 bits per heavy atom. The lowest BCUT2D eigenvalue weighted by molar-refractivity contribution is 0.923. The van der Waals surface area contributed by atoms with Gasteiger partial charge in [-0.2, -0.15) is 0 Å². The molecule has 0 bridgehead atoms. The third-order valence-electron chi connectivity index (χ3n) is 3.40. The van der Waals surface area contributed by atoms with Gasteiger partial charge in [0.05, 0.1) is 0 Å². The summed E-state index contributed by atoms with van der Waals surface area (Å²) in [5.41, 5.74) is 4.87. The summed E-state index contributed by atoms with van der Waals surface area (Å²) in [5.74, 6) is 1.65. The highest BCUT2D eigenvalue weighted by Crippen LogP contribution is 2.38. The molecule has 2 nitrogen and oxygen atoms in total. The fraction of sp³-hybridized carbons (Fsp3) is 0.333. The van der Waals surface area contributed by atoms with Crippen molar-refractivity contribution in [2.24, 2.45) is 0 Å². The van der Waals surface area contributed by atoms with Gasteiger partial charge in [0.2, 0.25) is 0 Å². The van der Waals surface area contributed by atoms with Crippen molar-refractivity contribution < 1.29 is 0 Å². The van der Waals surface area contributed by atoms with E-state index in [2.05, 4.69) is 42.0 Å². The average Bonchev–Trinajstić information content (AvgIpc) is 3.11. The minimum Gasteiger partial charge on any atom is -0.343 e. The van der Waals surface area contributed by atoms with Gasteiger partial charge in [0.25, 0.3) is 0 Å². The van der Waals surface area contributed by atoms with Crippen LogP contribution in [0.25, 0.3) is 11.3 Å². The Morgan fingerprint density at radius 2 is 2.00 bits per heavy atom. The Hall–Kier alpha value is -1.48. The van der Waals surface area contributed by atoms with Crippen LogP contribution in [-0.2, 0) is 0 Å². The second-order valence-corrected chi connectivity index (χ2v) is 5.53. The second kappa shape index (κ2) is 4.32. The number of nitrogens with zero attached hydrogens (tertiary/aromatic N) is 1. The normalized spacial score (nSPS) is 14.8. The molecule has 1 aliphatic carbocycles. The van der Waals surface area contributed by atoms with Crippen LogP contribution in [0.15, 0.2) is 24.3 Å². The van der Waals surface area contributed by atoms with Crippen LogP contribution in [-0.4, -0.2) is 9.97 Å². The van der Waals surface area contributed by atoms with Crippen LogP contribution in [0.2, 0.25) is 0 Å². The lowest BCUT2D eigenvalue weighted by Gasteiger charge is -2.09. The molecular weight excluding hydrogens is 240 g/mol. The maximum Gasteiger partial charge on any atom is 0.130 e. The molecule has 0 amide bonds. The highest BCUT2D eigenvalue weighted by Gasteiger charge is 2.26. The van der Waals surface area contributed by atoms with Crippen LogP contribution in [0.1, 0.15) is 35.7 Å². The molecule has 3 rings (SSSR count). The maximum atomic E-state index is 5.27. The smallest absolute Gasteiger partial charge is 0.130 e. The molecule has 0 unspecified atom stereocenters. The molecule has 0 saturated heterocycles. The summed E-state index contributed by atoms with van der Waals surface area (Å²) >= 11 is 5.27. The SMILES string of the molecule is Cc1ccc(-c2cc(=S)nc(C3CC3)[nH]2)c(C)c1. The zero-order valence-corrected chi connectivity index (χ0v) is 11.5. The number of aryl methyl sites for hydroxylation is 2. The van der Waals surface area contributed by atoms with Crippen molar-refractivity contribution in [2.45, 2.75) is 32.6 Å². The number of benzene rings is 1. The van der Waals surface area contributed by atoms with Crippen LogP contribution in [0.3, 0.4) is 0 Å². The highest BCUT2D eigenvalue weighted by molar-refractivity contribution is 7.71. The first-order valence-corrected chi connectivity index (χ1v) is 6.73. The Morgan fingerprint density at radius 3 is 2.67 bits per heavy atom. The summed E-state index contributed by atoms with van der Waals surface area (Å²) in [6.45, 7) is 4.25. The first-order chi connectivity index (χ1) is 8.63. The molecule has 0 aliphatic heterocycles. The molecule has 0 radical (unpaired) electrons. The second-order valence-electron chi connectivity index (χ2n) is 5.11. The Labute approximate surface area is 112 Å². The summed E-state index contributed by atoms with van der Waals surface area (Å²) in [4.78, 5) is 7.87. The number of H-pyrrole nitrogens is 1. The molecule has 2 aromatic rings. The van der Waals surface area contributed by atoms with Crippen molar-refractivity contribution in [3.63, 3.8) is 0 Å². The molecule has 0 spiro atoms. The van der Waals surface area contributed by atoms with E-state index in [4.69, 9.17) is 12.2 Å². The third-order valence-corrected chi connectivity index (χ3v) is 3.61. The van der Waals surface area contributed by atoms with Gasteiger partial charge in [-0.15, -0.1) is 0 Å². The maximum absolute atomic E-state index is 5.27. The predicted octanol–water partition coefficient (Wildman–Crippen LogP) is 4.30. The number of aromatic nitrogens is 2. The van der Waals surface area contributed by atoms with E-state index in [0.717, 1.165) is 11.5 Å². The number of aromatic amines is 1. The molecule has 18 heavy (non-hydrogen) atoms. The van der Waals surface area contributed by atoms with Crippen LogP contribution in [0.4, 0.5) is 0 Å². The molecule has 1 fully saturated rings. The van der Waals surface area contributed by atoms with Gasteiger partial charge in [-0.05, 0) is 38.3 Å². The van der Waals surface area contributed by atoms with E-state index in [0.29, 0.717) is 10.6 Å². The third kappa shape index (κ3) is 2.23. The number of hydrogen-bond donors (Lipinski definition) is 1. The first-order valence-electron chi connectivity index (χ1n) is 6.32. The lowest BCUT2D eigenvalue weighted by atomic mass is 10.0. The molecule has 1 aliphatic rings. The van der Waals surface area contributed by atoms with E-state index in [1.165, 1.54) is 29.5 Å². The molecule has 1 saturated carbocycles. The fourth-order valence-electron chi connectivity index (χ4n) is 2.29. The van der Waals surface area contributed by atoms with E-state index in [1.807, 2.05) is 6.07 Å². The van der Waals surface area contributed by atoms with Gasteiger partial charge in [0.1, 0.15) is 10.5 Å². The summed E-state index contributed by atoms with van der Waals surface area (Å²) in [6.07, 6.45) is 2.46. The van der Waals surface area contributed by atoms with E-state index in [-0.39, 0.29) is 0 Å². The van der Waals surface area contributed by atoms with E-state index < -0.39 is 0 Å². The Bertz CT molecular complexity index is 654. The Kier molecular flexibility index (Phi) is 2.78. The molecule has 1 aromatic heterocycles. The highest BCUT2D eigenvalue weighted by atomic mass is 32.1. The largest absolute Gasteiger partial charge is 0.343 e. The number of nitrogens with one attached hydrogen (secondary N) is 1. The molecular formula is C15H16N2S. The number of rotatable bonds is 2. The molecule has 92 valence electrons. The zero-order valence-electron chi connectivity index (χ0n) is 10.7. The first kappa shape index (κ1) is 11.6. The summed E-state index contributed by atoms with van der Waals surface area (Å²) in [6, 6.07) is 8.45. The number of hydrogen-bond acceptors (Lipinski definition) is 2. The molecule has 0 atom stereocenters. The average molecular weight is 256 g/mol. The van der Waals surface area contributed by atoms with Crippen molar-refractivity contribution in [3.05, 3.63) is 45.9 Å². The van der Waals surface area contributed by atoms with Gasteiger partial charge in [0.15, 0.2) is 0 Å². The molecule has 1 aromatic carbocycles. The van der Waals surface area contributed by atoms with Crippen molar-refractivity contribution in [1.82, 2.24) is 9.97 Å². The van der Waals surface area contributed by atoms with Crippen LogP contribution < -0.4 is 0 Å². The van der Waals surface area contributed by atoms with Crippen LogP contribution in [0, 0.1) is 18.5 Å². The van der Waals surface area contributed by atoms with Gasteiger partial charge in [-0.25, -0.2) is 4.98 Å². The van der Waals surface area contributed by atoms with Crippen molar-refractivity contribution in [2.75, 3.05) is 0 Å². The van der Waals surface area contributed by atoms with Gasteiger partial charge in [0, 0.05) is 17.2 Å². The monoisotopic (exact) mass is 256 g/mol. The van der Waals surface area contributed by atoms with Crippen molar-refractivity contribution in [3.8, 4) is 11.3 Å². The standard InChI is InChI=1S/C15H16N2S/c1-9-3-6-12(10(2)7-9)13-8-14(18)17-15(16-13)11-4-5-11/h3,6-8,11H,4-5H2,1-2H3,(H,16,17,18). The quantitative estimate of drug-likeness (QED) is 0.811. The molecule has 1 N–H and O–H groups in total. The summed E-state index contributed by atoms with van der Waals surface area (Å²) in [7, 11) is 0. The molecule has 1 heterocycles. The van der Waals surface area contributed by atoms with Gasteiger partial charge in [-0.3, -0.25) is 0 Å². The van der Waals surface area contributed by atoms with Crippen LogP contribution in [0.5, 0.6) is 0 Å². The summed E-state index contributed by atoms with van der Waals surface area (Å²) in [5, 5.41) is 0. The van der Waals surface area contributed by atoms with Gasteiger partial charge in [-0.1, -0.05) is 36.0 Å². The molecule has 3 heteroatoms. The minimum atomic E-state index is 0.595. The predicted molar refractivity (Wildman–Crippen MR) is 76.3 cm³/mol. The van der Waals surface area contributed by atoms with Crippen molar-refractivity contribution in [1.29, 1.82) is 0 Å². The van der Waals surface area contributed by atoms with E-state index in [9.17, 15) is 0 Å². The zero-order chi connectivity index (χ0) is 12.7. The van der Waals surface area contributed by atoms with Crippen molar-refractivity contribution >= 4 is 12.2 Å².